The second-order valence-corrected chi connectivity index (χ2v) is 5.73. The first-order valence-electron chi connectivity index (χ1n) is 7.61. The monoisotopic (exact) mass is 277 g/mol. The van der Waals surface area contributed by atoms with Gasteiger partial charge in [0.15, 0.2) is 5.78 Å². The Morgan fingerprint density at radius 2 is 1.85 bits per heavy atom. The number of hydrogen-bond acceptors (Lipinski definition) is 2. The number of ketones is 1. The van der Waals surface area contributed by atoms with Crippen molar-refractivity contribution < 1.29 is 9.18 Å². The van der Waals surface area contributed by atoms with Crippen molar-refractivity contribution >= 4 is 5.78 Å². The first-order chi connectivity index (χ1) is 9.55. The molecule has 0 saturated carbocycles. The highest BCUT2D eigenvalue weighted by molar-refractivity contribution is 6.03. The van der Waals surface area contributed by atoms with E-state index in [1.54, 1.807) is 19.1 Å². The average molecular weight is 277 g/mol. The largest absolute Gasteiger partial charge is 0.292 e. The van der Waals surface area contributed by atoms with Crippen LogP contribution in [-0.4, -0.2) is 29.3 Å². The van der Waals surface area contributed by atoms with Crippen molar-refractivity contribution in [2.45, 2.75) is 52.0 Å². The Morgan fingerprint density at radius 1 is 1.25 bits per heavy atom. The summed E-state index contributed by atoms with van der Waals surface area (Å²) in [6.45, 7) is 7.86. The molecule has 1 aliphatic heterocycles. The van der Waals surface area contributed by atoms with Crippen molar-refractivity contribution in [2.75, 3.05) is 13.1 Å². The number of carbonyl (C=O) groups is 1. The fourth-order valence-corrected chi connectivity index (χ4v) is 3.36. The van der Waals surface area contributed by atoms with E-state index in [1.165, 1.54) is 6.07 Å². The molecular formula is C17H24FNO. The maximum atomic E-state index is 13.4. The molecule has 1 saturated heterocycles. The Bertz CT molecular complexity index is 488. The van der Waals surface area contributed by atoms with Gasteiger partial charge in [-0.2, -0.15) is 0 Å². The van der Waals surface area contributed by atoms with Crippen LogP contribution in [0.2, 0.25) is 0 Å². The molecule has 0 atom stereocenters. The molecule has 0 N–H and O–H groups in total. The van der Waals surface area contributed by atoms with Gasteiger partial charge in [-0.1, -0.05) is 13.8 Å². The number of rotatable bonds is 5. The quantitative estimate of drug-likeness (QED) is 0.759. The van der Waals surface area contributed by atoms with Gasteiger partial charge in [0, 0.05) is 5.56 Å². The lowest BCUT2D eigenvalue weighted by Gasteiger charge is -2.39. The SMILES string of the molecule is CCC(CC)(C(=O)c1ccc(F)c(C)c1)N1CCCC1. The Kier molecular flexibility index (Phi) is 4.59. The zero-order valence-corrected chi connectivity index (χ0v) is 12.7. The van der Waals surface area contributed by atoms with Crippen molar-refractivity contribution in [1.29, 1.82) is 0 Å². The number of likely N-dealkylation sites (tertiary alicyclic amines) is 1. The van der Waals surface area contributed by atoms with Crippen LogP contribution in [0.3, 0.4) is 0 Å². The lowest BCUT2D eigenvalue weighted by atomic mass is 9.82. The minimum absolute atomic E-state index is 0.146. The van der Waals surface area contributed by atoms with E-state index < -0.39 is 5.54 Å². The topological polar surface area (TPSA) is 20.3 Å². The van der Waals surface area contributed by atoms with E-state index in [-0.39, 0.29) is 11.6 Å². The standard InChI is InChI=1S/C17H24FNO/c1-4-17(5-2,19-10-6-7-11-19)16(20)14-8-9-15(18)13(3)12-14/h8-9,12H,4-7,10-11H2,1-3H3. The molecular weight excluding hydrogens is 253 g/mol. The van der Waals surface area contributed by atoms with Crippen molar-refractivity contribution in [3.63, 3.8) is 0 Å². The third kappa shape index (κ3) is 2.51. The second-order valence-electron chi connectivity index (χ2n) is 5.73. The smallest absolute Gasteiger partial charge is 0.183 e. The van der Waals surface area contributed by atoms with Crippen LogP contribution in [0.5, 0.6) is 0 Å². The van der Waals surface area contributed by atoms with Crippen LogP contribution in [0, 0.1) is 12.7 Å². The Balaban J connectivity index is 2.37. The zero-order chi connectivity index (χ0) is 14.8. The highest BCUT2D eigenvalue weighted by Gasteiger charge is 2.42. The van der Waals surface area contributed by atoms with Gasteiger partial charge in [0.1, 0.15) is 5.82 Å². The maximum Gasteiger partial charge on any atom is 0.183 e. The Hall–Kier alpha value is -1.22. The Morgan fingerprint density at radius 3 is 2.35 bits per heavy atom. The lowest BCUT2D eigenvalue weighted by Crippen LogP contribution is -2.52. The number of nitrogens with zero attached hydrogens (tertiary/aromatic N) is 1. The minimum atomic E-state index is -0.416. The molecule has 1 aromatic rings. The molecule has 3 heteroatoms. The fraction of sp³-hybridized carbons (Fsp3) is 0.588. The maximum absolute atomic E-state index is 13.4. The third-order valence-corrected chi connectivity index (χ3v) is 4.72. The fourth-order valence-electron chi connectivity index (χ4n) is 3.36. The van der Waals surface area contributed by atoms with Crippen LogP contribution >= 0.6 is 0 Å². The zero-order valence-electron chi connectivity index (χ0n) is 12.7. The van der Waals surface area contributed by atoms with Crippen LogP contribution in [0.1, 0.15) is 55.5 Å². The predicted octanol–water partition coefficient (Wildman–Crippen LogP) is 3.97. The number of Topliss-reactive ketones (excluding diaryl/α,β-unsaturated/α-hetero) is 1. The van der Waals surface area contributed by atoms with Gasteiger partial charge in [-0.25, -0.2) is 4.39 Å². The van der Waals surface area contributed by atoms with Crippen molar-refractivity contribution in [1.82, 2.24) is 4.90 Å². The molecule has 2 rings (SSSR count). The molecule has 0 unspecified atom stereocenters. The van der Waals surface area contributed by atoms with E-state index in [0.29, 0.717) is 11.1 Å². The predicted molar refractivity (Wildman–Crippen MR) is 79.6 cm³/mol. The number of benzene rings is 1. The Labute approximate surface area is 121 Å². The van der Waals surface area contributed by atoms with Gasteiger partial charge in [-0.15, -0.1) is 0 Å². The van der Waals surface area contributed by atoms with E-state index in [0.717, 1.165) is 38.8 Å². The summed E-state index contributed by atoms with van der Waals surface area (Å²) in [5.74, 6) is -0.103. The highest BCUT2D eigenvalue weighted by Crippen LogP contribution is 2.32. The summed E-state index contributed by atoms with van der Waals surface area (Å²) < 4.78 is 13.4. The number of carbonyl (C=O) groups excluding carboxylic acids is 1. The molecule has 1 aliphatic rings. The van der Waals surface area contributed by atoms with Gasteiger partial charge < -0.3 is 0 Å². The first-order valence-corrected chi connectivity index (χ1v) is 7.61. The summed E-state index contributed by atoms with van der Waals surface area (Å²) >= 11 is 0. The first kappa shape index (κ1) is 15.2. The summed E-state index contributed by atoms with van der Waals surface area (Å²) in [5.41, 5.74) is 0.763. The normalized spacial score (nSPS) is 16.6. The molecule has 2 nitrogen and oxygen atoms in total. The highest BCUT2D eigenvalue weighted by atomic mass is 19.1. The number of hydrogen-bond donors (Lipinski definition) is 0. The van der Waals surface area contributed by atoms with Crippen molar-refractivity contribution in [3.8, 4) is 0 Å². The van der Waals surface area contributed by atoms with E-state index in [9.17, 15) is 9.18 Å². The van der Waals surface area contributed by atoms with E-state index in [4.69, 9.17) is 0 Å². The van der Waals surface area contributed by atoms with Gasteiger partial charge in [-0.3, -0.25) is 9.69 Å². The number of halogens is 1. The molecule has 110 valence electrons. The lowest BCUT2D eigenvalue weighted by molar-refractivity contribution is 0.0581. The van der Waals surface area contributed by atoms with E-state index in [1.807, 2.05) is 0 Å². The van der Waals surface area contributed by atoms with Gasteiger partial charge in [-0.05, 0) is 69.5 Å². The summed E-state index contributed by atoms with van der Waals surface area (Å²) in [7, 11) is 0. The van der Waals surface area contributed by atoms with Crippen molar-refractivity contribution in [2.24, 2.45) is 0 Å². The van der Waals surface area contributed by atoms with Crippen LogP contribution in [-0.2, 0) is 0 Å². The molecule has 1 aromatic carbocycles. The van der Waals surface area contributed by atoms with Crippen LogP contribution in [0.15, 0.2) is 18.2 Å². The summed E-state index contributed by atoms with van der Waals surface area (Å²) in [6, 6.07) is 4.72. The van der Waals surface area contributed by atoms with Gasteiger partial charge in [0.25, 0.3) is 0 Å². The molecule has 0 amide bonds. The van der Waals surface area contributed by atoms with Gasteiger partial charge >= 0.3 is 0 Å². The summed E-state index contributed by atoms with van der Waals surface area (Å²) in [5, 5.41) is 0. The number of aryl methyl sites for hydroxylation is 1. The molecule has 0 bridgehead atoms. The third-order valence-electron chi connectivity index (χ3n) is 4.72. The summed E-state index contributed by atoms with van der Waals surface area (Å²) in [4.78, 5) is 15.3. The minimum Gasteiger partial charge on any atom is -0.292 e. The van der Waals surface area contributed by atoms with Gasteiger partial charge in [0.05, 0.1) is 5.54 Å². The molecule has 1 fully saturated rings. The van der Waals surface area contributed by atoms with E-state index >= 15 is 0 Å². The van der Waals surface area contributed by atoms with Gasteiger partial charge in [0.2, 0.25) is 0 Å². The van der Waals surface area contributed by atoms with Crippen LogP contribution in [0.4, 0.5) is 4.39 Å². The molecule has 0 radical (unpaired) electrons. The van der Waals surface area contributed by atoms with Crippen LogP contribution < -0.4 is 0 Å². The molecule has 20 heavy (non-hydrogen) atoms. The molecule has 1 heterocycles. The average Bonchev–Trinajstić information content (AvgIpc) is 2.98. The molecule has 0 spiro atoms. The molecule has 0 aromatic heterocycles. The molecule has 0 aliphatic carbocycles. The van der Waals surface area contributed by atoms with Crippen molar-refractivity contribution in [3.05, 3.63) is 35.1 Å². The van der Waals surface area contributed by atoms with Crippen LogP contribution in [0.25, 0.3) is 0 Å². The second kappa shape index (κ2) is 6.04. The van der Waals surface area contributed by atoms with E-state index in [2.05, 4.69) is 18.7 Å². The summed E-state index contributed by atoms with van der Waals surface area (Å²) in [6.07, 6.45) is 3.94.